The third kappa shape index (κ3) is 5.23. The second-order valence-electron chi connectivity index (χ2n) is 6.44. The van der Waals surface area contributed by atoms with Gasteiger partial charge in [-0.15, -0.1) is 10.2 Å². The normalized spacial score (nSPS) is 13.1. The summed E-state index contributed by atoms with van der Waals surface area (Å²) in [6, 6.07) is 8.78. The van der Waals surface area contributed by atoms with Crippen molar-refractivity contribution in [3.05, 3.63) is 46.4 Å². The molecule has 0 fully saturated rings. The maximum Gasteiger partial charge on any atom is 0.303 e. The van der Waals surface area contributed by atoms with Crippen molar-refractivity contribution in [3.63, 3.8) is 0 Å². The van der Waals surface area contributed by atoms with E-state index in [1.165, 1.54) is 20.8 Å². The van der Waals surface area contributed by atoms with Crippen LogP contribution < -0.4 is 11.3 Å². The van der Waals surface area contributed by atoms with Crippen LogP contribution in [0.3, 0.4) is 0 Å². The number of nitrogens with two attached hydrogens (primary N) is 1. The molecular weight excluding hydrogens is 406 g/mol. The fraction of sp³-hybridized carbons (Fsp3) is 0.263. The molecule has 0 saturated carbocycles. The second-order valence-corrected chi connectivity index (χ2v) is 6.44. The van der Waals surface area contributed by atoms with E-state index in [0.717, 1.165) is 0 Å². The van der Waals surface area contributed by atoms with Gasteiger partial charge < -0.3 is 15.2 Å². The number of nitrogens with one attached hydrogen (secondary N) is 1. The molecule has 12 nitrogen and oxygen atoms in total. The molecule has 0 aliphatic heterocycles. The highest BCUT2D eigenvalue weighted by Gasteiger charge is 2.31. The quantitative estimate of drug-likeness (QED) is 0.443. The van der Waals surface area contributed by atoms with E-state index in [-0.39, 0.29) is 28.6 Å². The molecule has 3 N–H and O–H groups in total. The van der Waals surface area contributed by atoms with E-state index in [4.69, 9.17) is 15.2 Å². The van der Waals surface area contributed by atoms with Gasteiger partial charge in [-0.25, -0.2) is 9.97 Å². The Morgan fingerprint density at radius 3 is 2.35 bits per heavy atom. The van der Waals surface area contributed by atoms with Crippen molar-refractivity contribution >= 4 is 40.6 Å². The van der Waals surface area contributed by atoms with Gasteiger partial charge in [0.05, 0.1) is 5.69 Å². The molecule has 0 aliphatic rings. The first kappa shape index (κ1) is 21.5. The number of aromatic nitrogens is 4. The summed E-state index contributed by atoms with van der Waals surface area (Å²) in [5, 5.41) is 8.20. The van der Waals surface area contributed by atoms with Crippen molar-refractivity contribution in [1.29, 1.82) is 0 Å². The maximum absolute atomic E-state index is 12.3. The Morgan fingerprint density at radius 1 is 1.03 bits per heavy atom. The van der Waals surface area contributed by atoms with Crippen LogP contribution in [-0.2, 0) is 19.1 Å². The lowest BCUT2D eigenvalue weighted by atomic mass is 10.1. The number of anilines is 1. The molecule has 3 aromatic rings. The number of esters is 2. The lowest BCUT2D eigenvalue weighted by Crippen LogP contribution is -2.27. The molecule has 2 aromatic heterocycles. The second kappa shape index (κ2) is 9.07. The highest BCUT2D eigenvalue weighted by Crippen LogP contribution is 2.31. The Balaban J connectivity index is 2.21. The van der Waals surface area contributed by atoms with Gasteiger partial charge in [0.1, 0.15) is 11.8 Å². The molecule has 12 heteroatoms. The Hall–Kier alpha value is -4.22. The Kier molecular flexibility index (Phi) is 6.29. The average molecular weight is 425 g/mol. The van der Waals surface area contributed by atoms with Crippen molar-refractivity contribution in [3.8, 4) is 0 Å². The number of nitrogens with zero attached hydrogens (tertiary/aromatic N) is 5. The van der Waals surface area contributed by atoms with Crippen LogP contribution in [0.2, 0.25) is 0 Å². The van der Waals surface area contributed by atoms with E-state index in [2.05, 4.69) is 30.2 Å². The third-order valence-electron chi connectivity index (χ3n) is 3.93. The molecule has 0 unspecified atom stereocenters. The maximum atomic E-state index is 12.3. The molecule has 2 atom stereocenters. The van der Waals surface area contributed by atoms with Crippen molar-refractivity contribution in [2.45, 2.75) is 33.0 Å². The van der Waals surface area contributed by atoms with Gasteiger partial charge in [0, 0.05) is 13.8 Å². The zero-order valence-corrected chi connectivity index (χ0v) is 16.9. The van der Waals surface area contributed by atoms with Gasteiger partial charge in [-0.05, 0) is 19.1 Å². The first-order valence-electron chi connectivity index (χ1n) is 9.13. The number of azo groups is 1. The number of hydrogen-bond donors (Lipinski definition) is 2. The van der Waals surface area contributed by atoms with E-state index >= 15 is 0 Å². The molecule has 1 aromatic carbocycles. The molecule has 0 radical (unpaired) electrons. The number of ether oxygens (including phenoxy) is 2. The summed E-state index contributed by atoms with van der Waals surface area (Å²) in [5.74, 6) is -1.51. The van der Waals surface area contributed by atoms with E-state index < -0.39 is 29.7 Å². The summed E-state index contributed by atoms with van der Waals surface area (Å²) >= 11 is 0. The minimum atomic E-state index is -1.21. The van der Waals surface area contributed by atoms with Gasteiger partial charge >= 0.3 is 11.9 Å². The van der Waals surface area contributed by atoms with Gasteiger partial charge in [-0.1, -0.05) is 18.2 Å². The van der Waals surface area contributed by atoms with Crippen molar-refractivity contribution in [2.75, 3.05) is 5.73 Å². The predicted octanol–water partition coefficient (Wildman–Crippen LogP) is 2.27. The van der Waals surface area contributed by atoms with Crippen LogP contribution in [0.1, 0.15) is 32.6 Å². The van der Waals surface area contributed by atoms with Gasteiger partial charge in [-0.2, -0.15) is 4.98 Å². The number of carbonyl (C=O) groups is 2. The average Bonchev–Trinajstić information content (AvgIpc) is 2.70. The molecule has 3 rings (SSSR count). The fourth-order valence-electron chi connectivity index (χ4n) is 2.72. The van der Waals surface area contributed by atoms with E-state index in [1.54, 1.807) is 24.3 Å². The largest absolute Gasteiger partial charge is 0.458 e. The highest BCUT2D eigenvalue weighted by molar-refractivity contribution is 5.72. The highest BCUT2D eigenvalue weighted by atomic mass is 16.6. The zero-order chi connectivity index (χ0) is 22.5. The zero-order valence-electron chi connectivity index (χ0n) is 16.9. The third-order valence-corrected chi connectivity index (χ3v) is 3.93. The Bertz CT molecular complexity index is 1210. The number of H-pyrrole nitrogens is 1. The predicted molar refractivity (Wildman–Crippen MR) is 109 cm³/mol. The molecule has 2 heterocycles. The van der Waals surface area contributed by atoms with Crippen LogP contribution >= 0.6 is 0 Å². The molecule has 0 saturated heterocycles. The monoisotopic (exact) mass is 425 g/mol. The van der Waals surface area contributed by atoms with Gasteiger partial charge in [0.2, 0.25) is 11.8 Å². The van der Waals surface area contributed by atoms with E-state index in [9.17, 15) is 14.4 Å². The van der Waals surface area contributed by atoms with Crippen molar-refractivity contribution in [1.82, 2.24) is 19.9 Å². The number of aromatic amines is 1. The summed E-state index contributed by atoms with van der Waals surface area (Å²) in [4.78, 5) is 50.3. The Labute approximate surface area is 175 Å². The van der Waals surface area contributed by atoms with Gasteiger partial charge in [-0.3, -0.25) is 19.4 Å². The number of rotatable bonds is 6. The number of hydrogen-bond acceptors (Lipinski definition) is 11. The minimum absolute atomic E-state index is 0.0341. The number of carbonyl (C=O) groups excluding carboxylic acids is 2. The molecule has 0 aliphatic carbocycles. The summed E-state index contributed by atoms with van der Waals surface area (Å²) in [6.45, 7) is 3.90. The fourth-order valence-corrected chi connectivity index (χ4v) is 2.72. The first-order chi connectivity index (χ1) is 14.7. The summed E-state index contributed by atoms with van der Waals surface area (Å²) in [6.07, 6.45) is -2.17. The van der Waals surface area contributed by atoms with Gasteiger partial charge in [0.25, 0.3) is 5.56 Å². The Morgan fingerprint density at radius 2 is 1.71 bits per heavy atom. The molecular formula is C19H19N7O5. The van der Waals surface area contributed by atoms with Crippen molar-refractivity contribution < 1.29 is 19.1 Å². The smallest absolute Gasteiger partial charge is 0.303 e. The lowest BCUT2D eigenvalue weighted by Gasteiger charge is -2.23. The van der Waals surface area contributed by atoms with Crippen LogP contribution in [0.5, 0.6) is 0 Å². The molecule has 0 bridgehead atoms. The number of fused-ring (bicyclic) bond motifs is 1. The molecule has 160 valence electrons. The topological polar surface area (TPSA) is 175 Å². The molecule has 31 heavy (non-hydrogen) atoms. The summed E-state index contributed by atoms with van der Waals surface area (Å²) < 4.78 is 10.5. The summed E-state index contributed by atoms with van der Waals surface area (Å²) in [5.41, 5.74) is 5.20. The first-order valence-corrected chi connectivity index (χ1v) is 9.13. The SMILES string of the molecule is CC(=O)O[C@@H](C)[C@H](OC(C)=O)c1nc2c(=O)[nH]c(N)nc2nc1N=Nc1ccccc1. The van der Waals surface area contributed by atoms with Crippen LogP contribution in [-0.4, -0.2) is 38.0 Å². The standard InChI is InChI=1S/C19H19N7O5/c1-9(30-10(2)27)15(31-11(3)28)13-17(26-25-12-7-5-4-6-8-12)22-16-14(21-13)18(29)24-19(20)23-16/h4-9,15H,1-3H3,(H3,20,22,23,24,29)/t9-,15-/m0/s1. The summed E-state index contributed by atoms with van der Waals surface area (Å²) in [7, 11) is 0. The lowest BCUT2D eigenvalue weighted by molar-refractivity contribution is -0.164. The van der Waals surface area contributed by atoms with E-state index in [1.807, 2.05) is 6.07 Å². The van der Waals surface area contributed by atoms with Crippen LogP contribution in [0.4, 0.5) is 17.5 Å². The number of nitrogen functional groups attached to an aromatic ring is 1. The minimum Gasteiger partial charge on any atom is -0.458 e. The van der Waals surface area contributed by atoms with Gasteiger partial charge in [0.15, 0.2) is 17.3 Å². The molecule has 0 amide bonds. The van der Waals surface area contributed by atoms with Crippen LogP contribution in [0.25, 0.3) is 11.2 Å². The van der Waals surface area contributed by atoms with E-state index in [0.29, 0.717) is 5.69 Å². The number of benzene rings is 1. The van der Waals surface area contributed by atoms with Crippen molar-refractivity contribution in [2.24, 2.45) is 10.2 Å². The van der Waals surface area contributed by atoms with Crippen LogP contribution in [0.15, 0.2) is 45.4 Å². The molecule has 0 spiro atoms. The van der Waals surface area contributed by atoms with Crippen LogP contribution in [0, 0.1) is 0 Å².